The Morgan fingerprint density at radius 1 is 1.31 bits per heavy atom. The fourth-order valence-electron chi connectivity index (χ4n) is 1.81. The second-order valence-electron chi connectivity index (χ2n) is 4.27. The zero-order valence-electron chi connectivity index (χ0n) is 10.3. The highest BCUT2D eigenvalue weighted by molar-refractivity contribution is 5.69. The summed E-state index contributed by atoms with van der Waals surface area (Å²) in [5.74, 6) is 0. The van der Waals surface area contributed by atoms with Crippen molar-refractivity contribution in [2.75, 3.05) is 32.8 Å². The Balaban J connectivity index is 0.000000212. The number of carbonyl (C=O) groups is 1. The summed E-state index contributed by atoms with van der Waals surface area (Å²) in [5, 5.41) is 3.22. The molecule has 0 spiro atoms. The van der Waals surface area contributed by atoms with Gasteiger partial charge in [0, 0.05) is 6.54 Å². The first kappa shape index (κ1) is 13.3. The molecule has 0 atom stereocenters. The van der Waals surface area contributed by atoms with E-state index in [1.807, 2.05) is 0 Å². The van der Waals surface area contributed by atoms with Crippen LogP contribution in [0, 0.1) is 0 Å². The number of nitrogens with zero attached hydrogens (tertiary/aromatic N) is 1. The Morgan fingerprint density at radius 3 is 2.50 bits per heavy atom. The van der Waals surface area contributed by atoms with E-state index in [1.165, 1.54) is 38.8 Å². The molecule has 4 heteroatoms. The van der Waals surface area contributed by atoms with Gasteiger partial charge >= 0.3 is 6.09 Å². The zero-order valence-corrected chi connectivity index (χ0v) is 10.3. The van der Waals surface area contributed by atoms with Crippen LogP contribution in [0.2, 0.25) is 0 Å². The largest absolute Gasteiger partial charge is 0.448 e. The highest BCUT2D eigenvalue weighted by Crippen LogP contribution is 2.05. The number of amides is 1. The second kappa shape index (κ2) is 8.39. The minimum absolute atomic E-state index is 0.138. The van der Waals surface area contributed by atoms with Crippen LogP contribution in [0.4, 0.5) is 4.79 Å². The number of hydrogen-bond donors (Lipinski definition) is 1. The van der Waals surface area contributed by atoms with Crippen LogP contribution in [0.1, 0.15) is 39.0 Å². The Morgan fingerprint density at radius 2 is 2.06 bits per heavy atom. The summed E-state index contributed by atoms with van der Waals surface area (Å²) in [6, 6.07) is 0. The van der Waals surface area contributed by atoms with Gasteiger partial charge in [-0.1, -0.05) is 19.8 Å². The number of ether oxygens (including phenoxy) is 1. The average molecular weight is 228 g/mol. The summed E-state index contributed by atoms with van der Waals surface area (Å²) in [5.41, 5.74) is 0. The Kier molecular flexibility index (Phi) is 6.97. The SMILES string of the molecule is C1CCNC1.CCCCCN1CCOC1=O. The van der Waals surface area contributed by atoms with E-state index in [1.54, 1.807) is 4.90 Å². The number of rotatable bonds is 4. The smallest absolute Gasteiger partial charge is 0.409 e. The van der Waals surface area contributed by atoms with Gasteiger partial charge in [0.1, 0.15) is 6.61 Å². The number of cyclic esters (lactones) is 1. The molecule has 0 saturated carbocycles. The van der Waals surface area contributed by atoms with Crippen LogP contribution in [0.3, 0.4) is 0 Å². The predicted octanol–water partition coefficient (Wildman–Crippen LogP) is 2.00. The molecule has 2 rings (SSSR count). The van der Waals surface area contributed by atoms with Crippen molar-refractivity contribution in [3.8, 4) is 0 Å². The number of carbonyl (C=O) groups excluding carboxylic acids is 1. The lowest BCUT2D eigenvalue weighted by atomic mass is 10.2. The predicted molar refractivity (Wildman–Crippen MR) is 64.5 cm³/mol. The highest BCUT2D eigenvalue weighted by Gasteiger charge is 2.20. The third kappa shape index (κ3) is 5.35. The lowest BCUT2D eigenvalue weighted by molar-refractivity contribution is 0.158. The Labute approximate surface area is 98.3 Å². The number of hydrogen-bond acceptors (Lipinski definition) is 3. The van der Waals surface area contributed by atoms with Gasteiger partial charge < -0.3 is 15.0 Å². The van der Waals surface area contributed by atoms with E-state index in [2.05, 4.69) is 12.2 Å². The lowest BCUT2D eigenvalue weighted by Crippen LogP contribution is -2.25. The van der Waals surface area contributed by atoms with Gasteiger partial charge in [0.2, 0.25) is 0 Å². The monoisotopic (exact) mass is 228 g/mol. The van der Waals surface area contributed by atoms with Crippen LogP contribution in [0.15, 0.2) is 0 Å². The molecule has 16 heavy (non-hydrogen) atoms. The van der Waals surface area contributed by atoms with Crippen LogP contribution in [0.25, 0.3) is 0 Å². The maximum atomic E-state index is 10.9. The molecular formula is C12H24N2O2. The van der Waals surface area contributed by atoms with Gasteiger partial charge in [-0.25, -0.2) is 4.79 Å². The van der Waals surface area contributed by atoms with Crippen LogP contribution in [0.5, 0.6) is 0 Å². The summed E-state index contributed by atoms with van der Waals surface area (Å²) in [6.07, 6.45) is 6.14. The summed E-state index contributed by atoms with van der Waals surface area (Å²) in [6.45, 7) is 6.88. The molecule has 1 amide bonds. The van der Waals surface area contributed by atoms with Crippen molar-refractivity contribution in [2.24, 2.45) is 0 Å². The van der Waals surface area contributed by atoms with Gasteiger partial charge in [-0.05, 0) is 32.4 Å². The lowest BCUT2D eigenvalue weighted by Gasteiger charge is -2.10. The van der Waals surface area contributed by atoms with Gasteiger partial charge in [-0.2, -0.15) is 0 Å². The quantitative estimate of drug-likeness (QED) is 0.748. The van der Waals surface area contributed by atoms with E-state index in [0.717, 1.165) is 19.5 Å². The molecule has 0 bridgehead atoms. The first-order valence-corrected chi connectivity index (χ1v) is 6.47. The summed E-state index contributed by atoms with van der Waals surface area (Å²) >= 11 is 0. The molecule has 94 valence electrons. The van der Waals surface area contributed by atoms with Gasteiger partial charge in [-0.15, -0.1) is 0 Å². The zero-order chi connectivity index (χ0) is 11.6. The van der Waals surface area contributed by atoms with Crippen molar-refractivity contribution >= 4 is 6.09 Å². The van der Waals surface area contributed by atoms with Gasteiger partial charge in [-0.3, -0.25) is 0 Å². The van der Waals surface area contributed by atoms with E-state index in [9.17, 15) is 4.79 Å². The van der Waals surface area contributed by atoms with Crippen LogP contribution in [-0.2, 0) is 4.74 Å². The third-order valence-electron chi connectivity index (χ3n) is 2.83. The van der Waals surface area contributed by atoms with Crippen LogP contribution >= 0.6 is 0 Å². The first-order chi connectivity index (χ1) is 7.84. The molecule has 0 radical (unpaired) electrons. The van der Waals surface area contributed by atoms with Crippen LogP contribution < -0.4 is 5.32 Å². The molecule has 1 N–H and O–H groups in total. The van der Waals surface area contributed by atoms with Crippen molar-refractivity contribution in [3.05, 3.63) is 0 Å². The maximum Gasteiger partial charge on any atom is 0.409 e. The van der Waals surface area contributed by atoms with E-state index in [0.29, 0.717) is 6.61 Å². The molecule has 0 aromatic rings. The second-order valence-corrected chi connectivity index (χ2v) is 4.27. The fourth-order valence-corrected chi connectivity index (χ4v) is 1.81. The number of unbranched alkanes of at least 4 members (excludes halogenated alkanes) is 2. The van der Waals surface area contributed by atoms with Crippen molar-refractivity contribution in [2.45, 2.75) is 39.0 Å². The maximum absolute atomic E-state index is 10.9. The van der Waals surface area contributed by atoms with Gasteiger partial charge in [0.25, 0.3) is 0 Å². The van der Waals surface area contributed by atoms with Gasteiger partial charge in [0.05, 0.1) is 6.54 Å². The summed E-state index contributed by atoms with van der Waals surface area (Å²) in [4.78, 5) is 12.6. The molecule has 0 aliphatic carbocycles. The summed E-state index contributed by atoms with van der Waals surface area (Å²) < 4.78 is 4.78. The molecule has 2 saturated heterocycles. The Hall–Kier alpha value is -0.770. The van der Waals surface area contributed by atoms with Crippen molar-refractivity contribution in [1.82, 2.24) is 10.2 Å². The average Bonchev–Trinajstić information content (AvgIpc) is 2.94. The topological polar surface area (TPSA) is 41.6 Å². The molecule has 4 nitrogen and oxygen atoms in total. The van der Waals surface area contributed by atoms with Gasteiger partial charge in [0.15, 0.2) is 0 Å². The van der Waals surface area contributed by atoms with E-state index in [4.69, 9.17) is 4.74 Å². The van der Waals surface area contributed by atoms with Crippen molar-refractivity contribution < 1.29 is 9.53 Å². The minimum atomic E-state index is -0.138. The molecule has 2 aliphatic rings. The third-order valence-corrected chi connectivity index (χ3v) is 2.83. The summed E-state index contributed by atoms with van der Waals surface area (Å²) in [7, 11) is 0. The molecule has 2 heterocycles. The fraction of sp³-hybridized carbons (Fsp3) is 0.917. The van der Waals surface area contributed by atoms with Crippen LogP contribution in [-0.4, -0.2) is 43.8 Å². The highest BCUT2D eigenvalue weighted by atomic mass is 16.6. The van der Waals surface area contributed by atoms with E-state index in [-0.39, 0.29) is 6.09 Å². The molecule has 2 fully saturated rings. The minimum Gasteiger partial charge on any atom is -0.448 e. The first-order valence-electron chi connectivity index (χ1n) is 6.47. The standard InChI is InChI=1S/C8H15NO2.C4H9N/c1-2-3-4-5-9-6-7-11-8(9)10;1-2-4-5-3-1/h2-7H2,1H3;5H,1-4H2. The number of nitrogens with one attached hydrogen (secondary N) is 1. The molecule has 2 aliphatic heterocycles. The molecular weight excluding hydrogens is 204 g/mol. The van der Waals surface area contributed by atoms with Crippen molar-refractivity contribution in [1.29, 1.82) is 0 Å². The van der Waals surface area contributed by atoms with Crippen molar-refractivity contribution in [3.63, 3.8) is 0 Å². The normalized spacial score (nSPS) is 19.3. The molecule has 0 aromatic heterocycles. The van der Waals surface area contributed by atoms with E-state index >= 15 is 0 Å². The molecule has 0 unspecified atom stereocenters. The molecule has 0 aromatic carbocycles. The van der Waals surface area contributed by atoms with E-state index < -0.39 is 0 Å². The Bertz CT molecular complexity index is 186.